The van der Waals surface area contributed by atoms with Crippen molar-refractivity contribution in [1.29, 1.82) is 0 Å². The minimum absolute atomic E-state index is 0.0214. The van der Waals surface area contributed by atoms with E-state index < -0.39 is 87.2 Å². The molecule has 0 aliphatic carbocycles. The first-order chi connectivity index (χ1) is 28.3. The van der Waals surface area contributed by atoms with Gasteiger partial charge < -0.3 is 28.8 Å². The van der Waals surface area contributed by atoms with Crippen molar-refractivity contribution in [2.75, 3.05) is 57.8 Å². The van der Waals surface area contributed by atoms with Crippen LogP contribution in [0.25, 0.3) is 0 Å². The molecule has 7 unspecified atom stereocenters. The molecule has 2 heterocycles. The molecule has 0 amide bonds. The Morgan fingerprint density at radius 1 is 0.767 bits per heavy atom. The molecule has 2 rings (SSSR count). The van der Waals surface area contributed by atoms with Crippen molar-refractivity contribution >= 4 is 52.7 Å². The summed E-state index contributed by atoms with van der Waals surface area (Å²) < 4.78 is 92.0. The summed E-state index contributed by atoms with van der Waals surface area (Å²) >= 11 is 0. The molecule has 0 saturated carbocycles. The average molecular weight is 975 g/mol. The van der Waals surface area contributed by atoms with Gasteiger partial charge >= 0.3 is 36.8 Å². The van der Waals surface area contributed by atoms with E-state index in [-0.39, 0.29) is 38.2 Å². The van der Waals surface area contributed by atoms with Crippen molar-refractivity contribution in [1.82, 2.24) is 9.13 Å². The van der Waals surface area contributed by atoms with Crippen molar-refractivity contribution in [3.63, 3.8) is 0 Å². The van der Waals surface area contributed by atoms with Crippen LogP contribution in [0.15, 0.2) is 15.8 Å². The zero-order chi connectivity index (χ0) is 44.7. The maximum absolute atomic E-state index is 13.5. The highest BCUT2D eigenvalue weighted by atomic mass is 33.1. The van der Waals surface area contributed by atoms with Gasteiger partial charge in [-0.25, -0.2) is 18.5 Å². The Labute approximate surface area is 359 Å². The fourth-order valence-electron chi connectivity index (χ4n) is 5.51. The van der Waals surface area contributed by atoms with Crippen molar-refractivity contribution in [3.05, 3.63) is 32.6 Å². The molecule has 1 aliphatic rings. The Balaban J connectivity index is 1.93. The molecule has 4 N–H and O–H groups in total. The molecule has 26 heteroatoms. The molecule has 0 aromatic carbocycles. The second-order valence-corrected chi connectivity index (χ2v) is 22.7. The topological polar surface area (TPSA) is 267 Å². The van der Waals surface area contributed by atoms with E-state index in [0.717, 1.165) is 46.6 Å². The average Bonchev–Trinajstić information content (AvgIpc) is 3.56. The highest BCUT2D eigenvalue weighted by Crippen LogP contribution is 2.50. The van der Waals surface area contributed by atoms with Gasteiger partial charge in [0.05, 0.1) is 39.6 Å². The minimum atomic E-state index is -4.92. The van der Waals surface area contributed by atoms with Crippen molar-refractivity contribution in [2.45, 2.75) is 122 Å². The number of aryl methyl sites for hydroxylation is 1. The number of phosphoric acid groups is 3. The van der Waals surface area contributed by atoms with Crippen LogP contribution < -0.4 is 11.2 Å². The van der Waals surface area contributed by atoms with Crippen LogP contribution >= 0.6 is 52.7 Å². The van der Waals surface area contributed by atoms with Gasteiger partial charge in [0.15, 0.2) is 0 Å². The van der Waals surface area contributed by atoms with E-state index >= 15 is 0 Å². The SMILES string of the molecule is C#CCCCCn1c(=O)c(C)cn(C2CC(OP(=O)(O)OCCCOP(C)(=O)O)C(COP(=O)(O)OCCOP(=O)(O)OCCCCCCSSCCCCCC)O2)c1=O. The second-order valence-electron chi connectivity index (χ2n) is 13.8. The van der Waals surface area contributed by atoms with E-state index in [4.69, 9.17) is 42.8 Å². The van der Waals surface area contributed by atoms with E-state index in [1.165, 1.54) is 38.8 Å². The summed E-state index contributed by atoms with van der Waals surface area (Å²) in [7, 11) is -14.3. The van der Waals surface area contributed by atoms with E-state index in [0.29, 0.717) is 25.7 Å². The van der Waals surface area contributed by atoms with Gasteiger partial charge in [0.1, 0.15) is 18.4 Å². The van der Waals surface area contributed by atoms with Gasteiger partial charge in [-0.15, -0.1) is 12.3 Å². The molecule has 0 spiro atoms. The Bertz CT molecular complexity index is 1770. The van der Waals surface area contributed by atoms with E-state index in [1.54, 1.807) is 0 Å². The largest absolute Gasteiger partial charge is 0.472 e. The number of hydrogen-bond donors (Lipinski definition) is 4. The fraction of sp³-hybridized carbons (Fsp3) is 0.824. The third-order valence-electron chi connectivity index (χ3n) is 8.49. The normalized spacial score (nSPS) is 20.9. The quantitative estimate of drug-likeness (QED) is 0.0233. The highest BCUT2D eigenvalue weighted by Gasteiger charge is 2.43. The molecule has 20 nitrogen and oxygen atoms in total. The lowest BCUT2D eigenvalue weighted by atomic mass is 10.2. The van der Waals surface area contributed by atoms with Crippen molar-refractivity contribution in [3.8, 4) is 12.3 Å². The third kappa shape index (κ3) is 23.9. The molecular weight excluding hydrogens is 912 g/mol. The van der Waals surface area contributed by atoms with Crippen LogP contribution in [0.5, 0.6) is 0 Å². The molecule has 348 valence electrons. The maximum Gasteiger partial charge on any atom is 0.472 e. The van der Waals surface area contributed by atoms with Crippen LogP contribution in [0.1, 0.15) is 102 Å². The van der Waals surface area contributed by atoms with Crippen molar-refractivity contribution < 1.29 is 74.2 Å². The maximum atomic E-state index is 13.5. The summed E-state index contributed by atoms with van der Waals surface area (Å²) in [5.74, 6) is 4.67. The summed E-state index contributed by atoms with van der Waals surface area (Å²) in [5, 5.41) is 0. The van der Waals surface area contributed by atoms with Crippen LogP contribution in [-0.2, 0) is 61.2 Å². The van der Waals surface area contributed by atoms with Gasteiger partial charge in [0.2, 0.25) is 0 Å². The first-order valence-corrected chi connectivity index (χ1v) is 28.8. The van der Waals surface area contributed by atoms with E-state index in [1.807, 2.05) is 21.6 Å². The number of unbranched alkanes of at least 4 members (excludes halogenated alkanes) is 8. The number of terminal acetylenes is 1. The highest BCUT2D eigenvalue weighted by molar-refractivity contribution is 8.76. The van der Waals surface area contributed by atoms with Gasteiger partial charge in [-0.2, -0.15) is 0 Å². The van der Waals surface area contributed by atoms with Gasteiger partial charge in [0, 0.05) is 49.3 Å². The smallest absolute Gasteiger partial charge is 0.349 e. The number of rotatable bonds is 35. The number of phosphoric ester groups is 3. The predicted molar refractivity (Wildman–Crippen MR) is 229 cm³/mol. The molecule has 1 aromatic heterocycles. The zero-order valence-electron chi connectivity index (χ0n) is 34.4. The first kappa shape index (κ1) is 55.5. The predicted octanol–water partition coefficient (Wildman–Crippen LogP) is 6.92. The molecule has 60 heavy (non-hydrogen) atoms. The lowest BCUT2D eigenvalue weighted by molar-refractivity contribution is -0.0477. The third-order valence-corrected chi connectivity index (χ3v) is 14.8. The molecule has 1 fully saturated rings. The molecule has 1 aliphatic heterocycles. The van der Waals surface area contributed by atoms with Crippen molar-refractivity contribution in [2.24, 2.45) is 0 Å². The van der Waals surface area contributed by atoms with Gasteiger partial charge in [0.25, 0.3) is 5.56 Å². The first-order valence-electron chi connectivity index (χ1n) is 19.8. The van der Waals surface area contributed by atoms with E-state index in [9.17, 15) is 47.4 Å². The van der Waals surface area contributed by atoms with Gasteiger partial charge in [-0.05, 0) is 45.4 Å². The Morgan fingerprint density at radius 2 is 1.33 bits per heavy atom. The van der Waals surface area contributed by atoms with Crippen LogP contribution in [0.4, 0.5) is 0 Å². The minimum Gasteiger partial charge on any atom is -0.349 e. The lowest BCUT2D eigenvalue weighted by Gasteiger charge is -2.22. The molecule has 1 aromatic rings. The Kier molecular flexibility index (Phi) is 26.9. The standard InChI is InChI=1S/C34H62N2O18P4S2/c1-5-7-9-13-18-35-33(37)29(3)27-36(34(35)38)32-26-30(54-58(45,46)49-21-17-20-47-55(4,39)40)31(53-32)28-52-57(43,44)51-23-22-50-56(41,42)48-19-14-11-12-16-25-60-59-24-15-10-8-6-2/h1,27,30-32H,6-26,28H2,2-4H3,(H,39,40)(H,41,42)(H,43,44)(H,45,46). The van der Waals surface area contributed by atoms with Crippen LogP contribution in [0.3, 0.4) is 0 Å². The summed E-state index contributed by atoms with van der Waals surface area (Å²) in [4.78, 5) is 66.3. The lowest BCUT2D eigenvalue weighted by Crippen LogP contribution is -2.42. The Morgan fingerprint density at radius 3 is 1.97 bits per heavy atom. The van der Waals surface area contributed by atoms with Crippen LogP contribution in [0.2, 0.25) is 0 Å². The summed E-state index contributed by atoms with van der Waals surface area (Å²) in [5.41, 5.74) is -1.11. The number of nitrogens with zero attached hydrogens (tertiary/aromatic N) is 2. The summed E-state index contributed by atoms with van der Waals surface area (Å²) in [6.45, 7) is 1.90. The fourth-order valence-corrected chi connectivity index (χ4v) is 10.7. The number of hydrogen-bond acceptors (Lipinski definition) is 16. The van der Waals surface area contributed by atoms with Gasteiger partial charge in [-0.3, -0.25) is 45.6 Å². The molecular formula is C34H62N2O18P4S2. The number of aromatic nitrogens is 2. The second kappa shape index (κ2) is 29.0. The molecule has 0 radical (unpaired) electrons. The van der Waals surface area contributed by atoms with Gasteiger partial charge in [-0.1, -0.05) is 60.6 Å². The zero-order valence-corrected chi connectivity index (χ0v) is 39.7. The summed E-state index contributed by atoms with van der Waals surface area (Å²) in [6, 6.07) is 0. The molecule has 0 bridgehead atoms. The molecule has 1 saturated heterocycles. The van der Waals surface area contributed by atoms with Crippen LogP contribution in [0, 0.1) is 19.3 Å². The molecule has 7 atom stereocenters. The number of ether oxygens (including phenoxy) is 1. The van der Waals surface area contributed by atoms with E-state index in [2.05, 4.69) is 12.8 Å². The Hall–Kier alpha value is -0.620. The summed E-state index contributed by atoms with van der Waals surface area (Å²) in [6.07, 6.45) is 11.9. The van der Waals surface area contributed by atoms with Crippen LogP contribution in [-0.4, -0.2) is 98.7 Å². The monoisotopic (exact) mass is 974 g/mol.